The van der Waals surface area contributed by atoms with Crippen LogP contribution in [0, 0.1) is 11.7 Å². The van der Waals surface area contributed by atoms with Crippen LogP contribution in [0.1, 0.15) is 36.0 Å². The summed E-state index contributed by atoms with van der Waals surface area (Å²) in [6.07, 6.45) is 5.42. The van der Waals surface area contributed by atoms with Crippen LogP contribution in [0.2, 0.25) is 5.02 Å². The number of nitrogens with two attached hydrogens (primary N) is 1. The summed E-state index contributed by atoms with van der Waals surface area (Å²) in [6, 6.07) is 6.78. The summed E-state index contributed by atoms with van der Waals surface area (Å²) in [7, 11) is 0. The molecule has 4 N–H and O–H groups in total. The van der Waals surface area contributed by atoms with E-state index in [9.17, 15) is 4.79 Å². The summed E-state index contributed by atoms with van der Waals surface area (Å²) in [6.45, 7) is 1.64. The minimum absolute atomic E-state index is 0.0125. The van der Waals surface area contributed by atoms with Crippen molar-refractivity contribution in [3.8, 4) is 0 Å². The number of fused-ring (bicyclic) bond motifs is 1. The Kier molecular flexibility index (Phi) is 7.30. The molecule has 2 aromatic carbocycles. The molecule has 3 aromatic rings. The molecule has 0 spiro atoms. The fraction of sp³-hybridized carbons (Fsp3) is 0.364. The van der Waals surface area contributed by atoms with Gasteiger partial charge in [0.05, 0.1) is 40.4 Å². The van der Waals surface area contributed by atoms with Crippen LogP contribution in [0.25, 0.3) is 11.0 Å². The summed E-state index contributed by atoms with van der Waals surface area (Å²) in [5.74, 6) is -0.707. The van der Waals surface area contributed by atoms with E-state index in [1.54, 1.807) is 30.6 Å². The van der Waals surface area contributed by atoms with Crippen LogP contribution in [-0.4, -0.2) is 28.6 Å². The van der Waals surface area contributed by atoms with Gasteiger partial charge in [-0.15, -0.1) is 0 Å². The summed E-state index contributed by atoms with van der Waals surface area (Å²) < 4.78 is 18.2. The average molecular weight is 525 g/mol. The number of hydrogen-bond acceptors (Lipinski definition) is 5. The van der Waals surface area contributed by atoms with Gasteiger partial charge in [-0.2, -0.15) is 0 Å². The molecule has 1 aliphatic rings. The van der Waals surface area contributed by atoms with Gasteiger partial charge in [-0.3, -0.25) is 9.63 Å². The largest absolute Gasteiger partial charge is 0.351 e. The van der Waals surface area contributed by atoms with Crippen molar-refractivity contribution in [2.45, 2.75) is 32.2 Å². The van der Waals surface area contributed by atoms with Gasteiger partial charge in [-0.25, -0.2) is 14.9 Å². The molecule has 1 heterocycles. The van der Waals surface area contributed by atoms with Gasteiger partial charge in [0, 0.05) is 11.0 Å². The molecule has 1 amide bonds. The lowest BCUT2D eigenvalue weighted by Gasteiger charge is -2.16. The molecule has 0 aliphatic heterocycles. The highest BCUT2D eigenvalue weighted by Gasteiger charge is 2.25. The highest BCUT2D eigenvalue weighted by atomic mass is 79.9. The number of hydrogen-bond donors (Lipinski definition) is 3. The van der Waals surface area contributed by atoms with Crippen molar-refractivity contribution in [2.75, 3.05) is 18.5 Å². The lowest BCUT2D eigenvalue weighted by molar-refractivity contribution is 0.0271. The van der Waals surface area contributed by atoms with Crippen LogP contribution >= 0.6 is 27.5 Å². The maximum absolute atomic E-state index is 15.6. The number of benzene rings is 2. The van der Waals surface area contributed by atoms with Crippen LogP contribution < -0.4 is 16.5 Å². The Bertz CT molecular complexity index is 1140. The number of nitrogens with one attached hydrogen (secondary N) is 2. The summed E-state index contributed by atoms with van der Waals surface area (Å²) in [4.78, 5) is 22.5. The average Bonchev–Trinajstić information content (AvgIpc) is 3.50. The quantitative estimate of drug-likeness (QED) is 0.252. The van der Waals surface area contributed by atoms with Crippen LogP contribution in [0.5, 0.6) is 0 Å². The van der Waals surface area contributed by atoms with E-state index in [4.69, 9.17) is 22.2 Å². The third-order valence-corrected chi connectivity index (χ3v) is 6.13. The summed E-state index contributed by atoms with van der Waals surface area (Å²) in [5.41, 5.74) is 9.27. The third kappa shape index (κ3) is 5.23. The smallest absolute Gasteiger partial charge is 0.277 e. The highest BCUT2D eigenvalue weighted by Crippen LogP contribution is 2.34. The predicted molar refractivity (Wildman–Crippen MR) is 127 cm³/mol. The first kappa shape index (κ1) is 23.0. The van der Waals surface area contributed by atoms with Gasteiger partial charge in [0.25, 0.3) is 5.91 Å². The van der Waals surface area contributed by atoms with Crippen molar-refractivity contribution in [3.05, 3.63) is 51.5 Å². The lowest BCUT2D eigenvalue weighted by atomic mass is 10.1. The molecule has 0 saturated heterocycles. The number of rotatable bonds is 10. The van der Waals surface area contributed by atoms with Crippen molar-refractivity contribution in [3.63, 3.8) is 0 Å². The first-order valence-corrected chi connectivity index (χ1v) is 11.7. The molecule has 1 aliphatic carbocycles. The van der Waals surface area contributed by atoms with E-state index >= 15 is 4.39 Å². The first-order chi connectivity index (χ1) is 15.5. The second kappa shape index (κ2) is 10.2. The number of carbonyl (C=O) groups is 1. The van der Waals surface area contributed by atoms with Crippen molar-refractivity contribution in [2.24, 2.45) is 11.7 Å². The molecule has 0 radical (unpaired) electrons. The van der Waals surface area contributed by atoms with E-state index in [0.717, 1.165) is 30.2 Å². The van der Waals surface area contributed by atoms with Crippen LogP contribution in [0.3, 0.4) is 0 Å². The normalized spacial score (nSPS) is 13.5. The molecule has 10 heteroatoms. The van der Waals surface area contributed by atoms with Crippen LogP contribution in [-0.2, 0) is 11.4 Å². The number of anilines is 2. The van der Waals surface area contributed by atoms with E-state index in [0.29, 0.717) is 41.8 Å². The van der Waals surface area contributed by atoms with Crippen molar-refractivity contribution >= 4 is 55.8 Å². The van der Waals surface area contributed by atoms with Crippen molar-refractivity contribution in [1.82, 2.24) is 15.0 Å². The standard InChI is InChI=1S/C22H24BrClFN5O2/c23-14-5-6-17(16(24)9-14)28-20-15(22(31)29-32-11-13-3-4-13)10-18-21(19(20)25)27-12-30(18)8-2-1-7-26/h5-6,9-10,12-13,28H,1-4,7-8,11,26H2,(H,29,31). The van der Waals surface area contributed by atoms with Crippen molar-refractivity contribution in [1.29, 1.82) is 0 Å². The Balaban J connectivity index is 1.71. The molecule has 170 valence electrons. The minimum Gasteiger partial charge on any atom is -0.351 e. The molecule has 0 unspecified atom stereocenters. The Morgan fingerprint density at radius 3 is 2.88 bits per heavy atom. The zero-order valence-electron chi connectivity index (χ0n) is 17.3. The molecule has 1 saturated carbocycles. The van der Waals surface area contributed by atoms with Gasteiger partial charge >= 0.3 is 0 Å². The van der Waals surface area contributed by atoms with Crippen LogP contribution in [0.15, 0.2) is 35.1 Å². The fourth-order valence-corrected chi connectivity index (χ4v) is 4.07. The van der Waals surface area contributed by atoms with E-state index in [1.165, 1.54) is 0 Å². The number of hydroxylamine groups is 1. The topological polar surface area (TPSA) is 94.2 Å². The number of aryl methyl sites for hydroxylation is 1. The maximum Gasteiger partial charge on any atom is 0.277 e. The zero-order chi connectivity index (χ0) is 22.7. The zero-order valence-corrected chi connectivity index (χ0v) is 19.7. The SMILES string of the molecule is NCCCCn1cnc2c(F)c(Nc3ccc(Br)cc3Cl)c(C(=O)NOCC3CC3)cc21. The number of imidazole rings is 1. The van der Waals surface area contributed by atoms with E-state index in [1.807, 2.05) is 4.57 Å². The maximum atomic E-state index is 15.6. The molecule has 1 fully saturated rings. The number of amides is 1. The van der Waals surface area contributed by atoms with E-state index in [2.05, 4.69) is 31.7 Å². The van der Waals surface area contributed by atoms with Gasteiger partial charge < -0.3 is 15.6 Å². The van der Waals surface area contributed by atoms with Gasteiger partial charge in [0.2, 0.25) is 0 Å². The Morgan fingerprint density at radius 2 is 2.16 bits per heavy atom. The highest BCUT2D eigenvalue weighted by molar-refractivity contribution is 9.10. The number of aromatic nitrogens is 2. The number of carbonyl (C=O) groups excluding carboxylic acids is 1. The number of unbranched alkanes of at least 4 members (excludes halogenated alkanes) is 1. The fourth-order valence-electron chi connectivity index (χ4n) is 3.35. The summed E-state index contributed by atoms with van der Waals surface area (Å²) in [5, 5.41) is 3.35. The van der Waals surface area contributed by atoms with E-state index < -0.39 is 11.7 Å². The second-order valence-electron chi connectivity index (χ2n) is 7.85. The number of halogens is 3. The molecule has 0 bridgehead atoms. The Labute approximate surface area is 198 Å². The second-order valence-corrected chi connectivity index (χ2v) is 9.17. The molecular formula is C22H24BrClFN5O2. The monoisotopic (exact) mass is 523 g/mol. The molecular weight excluding hydrogens is 501 g/mol. The predicted octanol–water partition coefficient (Wildman–Crippen LogP) is 5.15. The summed E-state index contributed by atoms with van der Waals surface area (Å²) >= 11 is 9.66. The van der Waals surface area contributed by atoms with Crippen LogP contribution in [0.4, 0.5) is 15.8 Å². The molecule has 4 rings (SSSR count). The van der Waals surface area contributed by atoms with Gasteiger partial charge in [0.15, 0.2) is 5.82 Å². The van der Waals surface area contributed by atoms with Gasteiger partial charge in [0.1, 0.15) is 5.52 Å². The third-order valence-electron chi connectivity index (χ3n) is 5.33. The van der Waals surface area contributed by atoms with E-state index in [-0.39, 0.29) is 16.8 Å². The Morgan fingerprint density at radius 1 is 1.34 bits per heavy atom. The molecule has 32 heavy (non-hydrogen) atoms. The van der Waals surface area contributed by atoms with Gasteiger partial charge in [-0.05, 0) is 62.4 Å². The first-order valence-electron chi connectivity index (χ1n) is 10.5. The molecule has 7 nitrogen and oxygen atoms in total. The number of nitrogens with zero attached hydrogens (tertiary/aromatic N) is 2. The molecule has 0 atom stereocenters. The molecule has 1 aromatic heterocycles. The van der Waals surface area contributed by atoms with Crippen molar-refractivity contribution < 1.29 is 14.0 Å². The lowest BCUT2D eigenvalue weighted by Crippen LogP contribution is -2.26. The van der Waals surface area contributed by atoms with Gasteiger partial charge in [-0.1, -0.05) is 27.5 Å². The minimum atomic E-state index is -0.633. The Hall–Kier alpha value is -2.20.